The number of carbonyl (C=O) groups excluding carboxylic acids is 2. The minimum absolute atomic E-state index is 0.0417. The molecule has 1 saturated heterocycles. The van der Waals surface area contributed by atoms with E-state index < -0.39 is 0 Å². The van der Waals surface area contributed by atoms with Gasteiger partial charge in [0.1, 0.15) is 11.5 Å². The Balaban J connectivity index is 0.00000107. The summed E-state index contributed by atoms with van der Waals surface area (Å²) in [6.07, 6.45) is 7.63. The Morgan fingerprint density at radius 2 is 1.73 bits per heavy atom. The number of hydrogen-bond acceptors (Lipinski definition) is 9. The van der Waals surface area contributed by atoms with Crippen LogP contribution >= 0.6 is 11.9 Å². The monoisotopic (exact) mass is 722 g/mol. The van der Waals surface area contributed by atoms with E-state index in [9.17, 15) is 9.59 Å². The van der Waals surface area contributed by atoms with Gasteiger partial charge in [0.25, 0.3) is 5.91 Å². The zero-order chi connectivity index (χ0) is 37.6. The van der Waals surface area contributed by atoms with Gasteiger partial charge in [-0.15, -0.1) is 0 Å². The molecule has 0 unspecified atom stereocenters. The molecule has 1 fully saturated rings. The molecule has 0 spiro atoms. The lowest BCUT2D eigenvalue weighted by atomic mass is 9.86. The number of aryl methyl sites for hydroxylation is 1. The molecule has 1 aromatic heterocycles. The van der Waals surface area contributed by atoms with Crippen LogP contribution in [-0.4, -0.2) is 60.9 Å². The van der Waals surface area contributed by atoms with E-state index in [1.165, 1.54) is 11.9 Å². The Labute approximate surface area is 309 Å². The number of aromatic nitrogens is 1. The molecule has 51 heavy (non-hydrogen) atoms. The van der Waals surface area contributed by atoms with E-state index in [0.717, 1.165) is 74.2 Å². The number of unbranched alkanes of at least 4 members (excludes halogenated alkanes) is 1. The molecular weight excluding hydrogens is 665 g/mol. The first-order valence-electron chi connectivity index (χ1n) is 17.7. The van der Waals surface area contributed by atoms with Crippen LogP contribution in [0.4, 0.5) is 5.69 Å². The Morgan fingerprint density at radius 3 is 2.33 bits per heavy atom. The fourth-order valence-electron chi connectivity index (χ4n) is 5.11. The van der Waals surface area contributed by atoms with Crippen molar-refractivity contribution in [1.82, 2.24) is 14.8 Å². The van der Waals surface area contributed by atoms with Gasteiger partial charge >= 0.3 is 0 Å². The Hall–Kier alpha value is -3.80. The lowest BCUT2D eigenvalue weighted by molar-refractivity contribution is -0.119. The average Bonchev–Trinajstić information content (AvgIpc) is 3.09. The van der Waals surface area contributed by atoms with Crippen molar-refractivity contribution in [2.45, 2.75) is 98.5 Å². The molecular formula is C40H58N4O6S. The summed E-state index contributed by atoms with van der Waals surface area (Å²) in [5, 5.41) is 3.04. The third kappa shape index (κ3) is 13.7. The molecule has 1 aliphatic heterocycles. The summed E-state index contributed by atoms with van der Waals surface area (Å²) < 4.78 is 16.9. The predicted octanol–water partition coefficient (Wildman–Crippen LogP) is 8.91. The predicted molar refractivity (Wildman–Crippen MR) is 207 cm³/mol. The highest BCUT2D eigenvalue weighted by atomic mass is 32.2. The Morgan fingerprint density at radius 1 is 1.02 bits per heavy atom. The van der Waals surface area contributed by atoms with Crippen molar-refractivity contribution in [3.05, 3.63) is 71.0 Å². The number of methoxy groups -OCH3 is 2. The van der Waals surface area contributed by atoms with Gasteiger partial charge in [0.2, 0.25) is 6.41 Å². The average molecular weight is 723 g/mol. The Bertz CT molecular complexity index is 1560. The van der Waals surface area contributed by atoms with Crippen LogP contribution in [0.3, 0.4) is 0 Å². The van der Waals surface area contributed by atoms with E-state index in [1.54, 1.807) is 32.5 Å². The van der Waals surface area contributed by atoms with Crippen molar-refractivity contribution in [2.75, 3.05) is 38.4 Å². The number of benzene rings is 2. The molecule has 10 nitrogen and oxygen atoms in total. The highest BCUT2D eigenvalue weighted by Gasteiger charge is 2.23. The summed E-state index contributed by atoms with van der Waals surface area (Å²) in [6, 6.07) is 13.1. The number of ether oxygens (including phenoxy) is 3. The fourth-order valence-corrected chi connectivity index (χ4v) is 5.77. The number of anilines is 1. The topological polar surface area (TPSA) is 111 Å². The minimum Gasteiger partial charge on any atom is -0.491 e. The summed E-state index contributed by atoms with van der Waals surface area (Å²) in [5.74, 6) is 3.29. The van der Waals surface area contributed by atoms with Crippen molar-refractivity contribution in [3.8, 4) is 23.0 Å². The second-order valence-electron chi connectivity index (χ2n) is 14.8. The second kappa shape index (κ2) is 19.7. The van der Waals surface area contributed by atoms with Crippen molar-refractivity contribution in [2.24, 2.45) is 5.92 Å². The van der Waals surface area contributed by atoms with E-state index in [1.807, 2.05) is 62.9 Å². The highest BCUT2D eigenvalue weighted by Crippen LogP contribution is 2.40. The number of piperidine rings is 1. The smallest absolute Gasteiger partial charge is 0.255 e. The molecule has 0 aliphatic carbocycles. The van der Waals surface area contributed by atoms with Crippen LogP contribution in [0.2, 0.25) is 0 Å². The summed E-state index contributed by atoms with van der Waals surface area (Å²) in [5.41, 5.74) is 3.66. The standard InChI is InChI=1S/C35H46N4O5S.C5H12O/c1-7-8-17-45-38-44-32-21-27(35(3,4)5)20-30(33(32)42-6)37-34(41)26-10-9-24(2)31(19-26)43-29-11-14-36-28(22-29)18-25-12-15-39(23-40)16-13-25;1-5(2,3)6-4/h9-11,14,19-23,25,38H,7-8,12-13,15-18H2,1-6H3,(H,37,41);1-4H3. The number of nitrogens with zero attached hydrogens (tertiary/aromatic N) is 2. The van der Waals surface area contributed by atoms with Gasteiger partial charge < -0.3 is 29.3 Å². The number of likely N-dealkylation sites (tertiary alicyclic amines) is 1. The number of carbonyl (C=O) groups is 2. The van der Waals surface area contributed by atoms with Crippen molar-refractivity contribution >= 4 is 30.0 Å². The lowest BCUT2D eigenvalue weighted by Crippen LogP contribution is -2.33. The second-order valence-corrected chi connectivity index (χ2v) is 15.7. The molecule has 0 atom stereocenters. The van der Waals surface area contributed by atoms with Gasteiger partial charge in [-0.2, -0.15) is 0 Å². The SMILES string of the molecule is CCCCSNOc1cc(C(C)(C)C)cc(NC(=O)c2ccc(C)c(Oc3ccnc(CC4CCN(C=O)CC4)c3)c2)c1OC.COC(C)(C)C. The van der Waals surface area contributed by atoms with Gasteiger partial charge in [-0.05, 0) is 118 Å². The van der Waals surface area contributed by atoms with Crippen molar-refractivity contribution in [1.29, 1.82) is 0 Å². The molecule has 3 aromatic rings. The van der Waals surface area contributed by atoms with E-state index in [-0.39, 0.29) is 16.9 Å². The Kier molecular flexibility index (Phi) is 16.1. The van der Waals surface area contributed by atoms with Gasteiger partial charge in [0.15, 0.2) is 11.5 Å². The number of hydrogen-bond donors (Lipinski definition) is 2. The molecule has 0 radical (unpaired) electrons. The number of amides is 2. The van der Waals surface area contributed by atoms with E-state index >= 15 is 0 Å². The number of rotatable bonds is 14. The van der Waals surface area contributed by atoms with E-state index in [4.69, 9.17) is 19.0 Å². The summed E-state index contributed by atoms with van der Waals surface area (Å²) in [6.45, 7) is 18.1. The molecule has 2 aromatic carbocycles. The van der Waals surface area contributed by atoms with Crippen LogP contribution in [-0.2, 0) is 21.4 Å². The molecule has 280 valence electrons. The van der Waals surface area contributed by atoms with Gasteiger partial charge in [0, 0.05) is 49.5 Å². The van der Waals surface area contributed by atoms with Gasteiger partial charge in [-0.25, -0.2) is 0 Å². The largest absolute Gasteiger partial charge is 0.491 e. The van der Waals surface area contributed by atoms with Gasteiger partial charge in [0.05, 0.1) is 18.4 Å². The van der Waals surface area contributed by atoms with Crippen LogP contribution in [0.25, 0.3) is 0 Å². The normalized spacial score (nSPS) is 13.6. The van der Waals surface area contributed by atoms with Gasteiger partial charge in [-0.1, -0.05) is 45.1 Å². The molecule has 0 bridgehead atoms. The molecule has 2 N–H and O–H groups in total. The quantitative estimate of drug-likeness (QED) is 0.0729. The molecule has 1 aliphatic rings. The van der Waals surface area contributed by atoms with Crippen molar-refractivity contribution < 1.29 is 28.6 Å². The molecule has 2 heterocycles. The maximum absolute atomic E-state index is 13.6. The highest BCUT2D eigenvalue weighted by molar-refractivity contribution is 7.97. The van der Waals surface area contributed by atoms with Crippen LogP contribution in [0.5, 0.6) is 23.0 Å². The number of nitrogens with one attached hydrogen (secondary N) is 2. The lowest BCUT2D eigenvalue weighted by Gasteiger charge is -2.28. The maximum Gasteiger partial charge on any atom is 0.255 e. The summed E-state index contributed by atoms with van der Waals surface area (Å²) in [4.78, 5) is 39.9. The molecule has 2 amide bonds. The zero-order valence-electron chi connectivity index (χ0n) is 32.2. The molecule has 0 saturated carbocycles. The van der Waals surface area contributed by atoms with E-state index in [0.29, 0.717) is 40.2 Å². The first-order chi connectivity index (χ1) is 24.2. The van der Waals surface area contributed by atoms with Crippen LogP contribution in [0.15, 0.2) is 48.7 Å². The maximum atomic E-state index is 13.6. The van der Waals surface area contributed by atoms with Crippen LogP contribution in [0.1, 0.15) is 101 Å². The first kappa shape index (κ1) is 41.6. The van der Waals surface area contributed by atoms with E-state index in [2.05, 4.69) is 42.9 Å². The van der Waals surface area contributed by atoms with Gasteiger partial charge in [-0.3, -0.25) is 14.6 Å². The van der Waals surface area contributed by atoms with Crippen molar-refractivity contribution in [3.63, 3.8) is 0 Å². The molecule has 4 rings (SSSR count). The zero-order valence-corrected chi connectivity index (χ0v) is 33.0. The van der Waals surface area contributed by atoms with Crippen LogP contribution in [0, 0.1) is 12.8 Å². The fraction of sp³-hybridized carbons (Fsp3) is 0.525. The third-order valence-electron chi connectivity index (χ3n) is 8.56. The minimum atomic E-state index is -0.294. The number of pyridine rings is 1. The molecule has 11 heteroatoms. The third-order valence-corrected chi connectivity index (χ3v) is 9.25. The van der Waals surface area contributed by atoms with Crippen LogP contribution < -0.4 is 24.5 Å². The summed E-state index contributed by atoms with van der Waals surface area (Å²) >= 11 is 1.49. The first-order valence-corrected chi connectivity index (χ1v) is 18.7. The summed E-state index contributed by atoms with van der Waals surface area (Å²) in [7, 11) is 3.27.